The van der Waals surface area contributed by atoms with E-state index in [0.29, 0.717) is 17.9 Å². The van der Waals surface area contributed by atoms with Crippen LogP contribution < -0.4 is 10.6 Å². The van der Waals surface area contributed by atoms with Crippen molar-refractivity contribution in [3.05, 3.63) is 23.8 Å². The van der Waals surface area contributed by atoms with Crippen LogP contribution in [0.25, 0.3) is 0 Å². The molecule has 0 atom stereocenters. The molecule has 0 fully saturated rings. The van der Waals surface area contributed by atoms with Gasteiger partial charge in [0.15, 0.2) is 0 Å². The van der Waals surface area contributed by atoms with E-state index >= 15 is 0 Å². The van der Waals surface area contributed by atoms with Gasteiger partial charge in [-0.3, -0.25) is 0 Å². The van der Waals surface area contributed by atoms with Gasteiger partial charge in [-0.05, 0) is 25.1 Å². The normalized spacial score (nSPS) is 9.80. The number of nitrogens with two attached hydrogens (primary N) is 1. The van der Waals surface area contributed by atoms with Gasteiger partial charge in [-0.15, -0.1) is 0 Å². The SMILES string of the molecule is CCOC(=O)c1ccc(N)c(N(C)C)c1. The van der Waals surface area contributed by atoms with E-state index in [1.165, 1.54) is 0 Å². The van der Waals surface area contributed by atoms with Crippen LogP contribution in [0.15, 0.2) is 18.2 Å². The summed E-state index contributed by atoms with van der Waals surface area (Å²) in [6.07, 6.45) is 0. The monoisotopic (exact) mass is 208 g/mol. The smallest absolute Gasteiger partial charge is 0.338 e. The van der Waals surface area contributed by atoms with Gasteiger partial charge >= 0.3 is 5.97 Å². The number of nitrogens with zero attached hydrogens (tertiary/aromatic N) is 1. The van der Waals surface area contributed by atoms with Gasteiger partial charge in [-0.25, -0.2) is 4.79 Å². The van der Waals surface area contributed by atoms with Crippen LogP contribution in [0, 0.1) is 0 Å². The maximum atomic E-state index is 11.4. The zero-order chi connectivity index (χ0) is 11.4. The van der Waals surface area contributed by atoms with Crippen LogP contribution in [0.1, 0.15) is 17.3 Å². The predicted molar refractivity (Wildman–Crippen MR) is 61.1 cm³/mol. The summed E-state index contributed by atoms with van der Waals surface area (Å²) in [5.74, 6) is -0.319. The lowest BCUT2D eigenvalue weighted by Crippen LogP contribution is -2.13. The molecule has 1 aromatic carbocycles. The molecule has 0 aliphatic carbocycles. The van der Waals surface area contributed by atoms with Crippen LogP contribution in [0.4, 0.5) is 11.4 Å². The Balaban J connectivity index is 3.02. The number of rotatable bonds is 3. The summed E-state index contributed by atoms with van der Waals surface area (Å²) in [4.78, 5) is 13.3. The van der Waals surface area contributed by atoms with Gasteiger partial charge < -0.3 is 15.4 Å². The highest BCUT2D eigenvalue weighted by molar-refractivity contribution is 5.92. The lowest BCUT2D eigenvalue weighted by molar-refractivity contribution is 0.0526. The van der Waals surface area contributed by atoms with Gasteiger partial charge in [0, 0.05) is 14.1 Å². The van der Waals surface area contributed by atoms with E-state index in [1.54, 1.807) is 25.1 Å². The van der Waals surface area contributed by atoms with Crippen LogP contribution in [0.5, 0.6) is 0 Å². The van der Waals surface area contributed by atoms with Crippen molar-refractivity contribution >= 4 is 17.3 Å². The highest BCUT2D eigenvalue weighted by Gasteiger charge is 2.09. The number of anilines is 2. The first kappa shape index (κ1) is 11.4. The van der Waals surface area contributed by atoms with Crippen molar-refractivity contribution in [3.63, 3.8) is 0 Å². The first-order valence-corrected chi connectivity index (χ1v) is 4.80. The fraction of sp³-hybridized carbons (Fsp3) is 0.364. The molecule has 0 spiro atoms. The molecule has 0 saturated carbocycles. The summed E-state index contributed by atoms with van der Waals surface area (Å²) in [6, 6.07) is 5.11. The van der Waals surface area contributed by atoms with E-state index < -0.39 is 0 Å². The average Bonchev–Trinajstić information content (AvgIpc) is 2.18. The van der Waals surface area contributed by atoms with E-state index in [2.05, 4.69) is 0 Å². The van der Waals surface area contributed by atoms with Gasteiger partial charge in [-0.1, -0.05) is 0 Å². The number of carbonyl (C=O) groups is 1. The Hall–Kier alpha value is -1.71. The number of hydrogen-bond donors (Lipinski definition) is 1. The third-order valence-corrected chi connectivity index (χ3v) is 2.02. The van der Waals surface area contributed by atoms with Gasteiger partial charge in [0.2, 0.25) is 0 Å². The Kier molecular flexibility index (Phi) is 3.55. The van der Waals surface area contributed by atoms with E-state index in [0.717, 1.165) is 5.69 Å². The number of nitrogen functional groups attached to an aromatic ring is 1. The van der Waals surface area contributed by atoms with Gasteiger partial charge in [0.25, 0.3) is 0 Å². The number of carbonyl (C=O) groups excluding carboxylic acids is 1. The summed E-state index contributed by atoms with van der Waals surface area (Å²) in [5, 5.41) is 0. The Morgan fingerprint density at radius 1 is 1.47 bits per heavy atom. The molecular formula is C11H16N2O2. The molecule has 0 aliphatic heterocycles. The largest absolute Gasteiger partial charge is 0.462 e. The molecule has 15 heavy (non-hydrogen) atoms. The Bertz CT molecular complexity index is 362. The second kappa shape index (κ2) is 4.68. The van der Waals surface area contributed by atoms with Crippen molar-refractivity contribution in [2.24, 2.45) is 0 Å². The van der Waals surface area contributed by atoms with Crippen LogP contribution in [-0.2, 0) is 4.74 Å². The Morgan fingerprint density at radius 2 is 2.13 bits per heavy atom. The van der Waals surface area contributed by atoms with Gasteiger partial charge in [0.05, 0.1) is 23.5 Å². The first-order chi connectivity index (χ1) is 7.06. The zero-order valence-electron chi connectivity index (χ0n) is 9.28. The highest BCUT2D eigenvalue weighted by Crippen LogP contribution is 2.22. The molecule has 2 N–H and O–H groups in total. The van der Waals surface area contributed by atoms with Crippen molar-refractivity contribution in [2.45, 2.75) is 6.92 Å². The number of esters is 1. The van der Waals surface area contributed by atoms with E-state index in [-0.39, 0.29) is 5.97 Å². The molecule has 0 unspecified atom stereocenters. The van der Waals surface area contributed by atoms with E-state index in [1.807, 2.05) is 19.0 Å². The van der Waals surface area contributed by atoms with Crippen LogP contribution in [-0.4, -0.2) is 26.7 Å². The lowest BCUT2D eigenvalue weighted by atomic mass is 10.1. The van der Waals surface area contributed by atoms with Crippen LogP contribution in [0.2, 0.25) is 0 Å². The summed E-state index contributed by atoms with van der Waals surface area (Å²) in [6.45, 7) is 2.16. The average molecular weight is 208 g/mol. The minimum Gasteiger partial charge on any atom is -0.462 e. The predicted octanol–water partition coefficient (Wildman–Crippen LogP) is 1.51. The number of ether oxygens (including phenoxy) is 1. The van der Waals surface area contributed by atoms with Crippen LogP contribution in [0.3, 0.4) is 0 Å². The van der Waals surface area contributed by atoms with Crippen molar-refractivity contribution in [1.82, 2.24) is 0 Å². The van der Waals surface area contributed by atoms with Crippen molar-refractivity contribution in [1.29, 1.82) is 0 Å². The molecule has 4 nitrogen and oxygen atoms in total. The topological polar surface area (TPSA) is 55.6 Å². The highest BCUT2D eigenvalue weighted by atomic mass is 16.5. The minimum absolute atomic E-state index is 0.319. The summed E-state index contributed by atoms with van der Waals surface area (Å²) in [5.41, 5.74) is 7.76. The fourth-order valence-corrected chi connectivity index (χ4v) is 1.27. The molecule has 0 radical (unpaired) electrons. The minimum atomic E-state index is -0.319. The fourth-order valence-electron chi connectivity index (χ4n) is 1.27. The van der Waals surface area contributed by atoms with Gasteiger partial charge in [-0.2, -0.15) is 0 Å². The molecule has 0 aliphatic rings. The standard InChI is InChI=1S/C11H16N2O2/c1-4-15-11(14)8-5-6-9(12)10(7-8)13(2)3/h5-7H,4,12H2,1-3H3. The maximum absolute atomic E-state index is 11.4. The second-order valence-electron chi connectivity index (χ2n) is 3.39. The molecule has 0 aromatic heterocycles. The summed E-state index contributed by atoms with van der Waals surface area (Å²) in [7, 11) is 3.75. The molecule has 82 valence electrons. The molecule has 0 saturated heterocycles. The van der Waals surface area contributed by atoms with Crippen molar-refractivity contribution < 1.29 is 9.53 Å². The Morgan fingerprint density at radius 3 is 2.67 bits per heavy atom. The van der Waals surface area contributed by atoms with Crippen molar-refractivity contribution in [2.75, 3.05) is 31.3 Å². The molecular weight excluding hydrogens is 192 g/mol. The zero-order valence-corrected chi connectivity index (χ0v) is 9.28. The third kappa shape index (κ3) is 2.62. The Labute approximate surface area is 89.6 Å². The van der Waals surface area contributed by atoms with Crippen molar-refractivity contribution in [3.8, 4) is 0 Å². The number of hydrogen-bond acceptors (Lipinski definition) is 4. The quantitative estimate of drug-likeness (QED) is 0.604. The summed E-state index contributed by atoms with van der Waals surface area (Å²) < 4.78 is 4.90. The van der Waals surface area contributed by atoms with Gasteiger partial charge in [0.1, 0.15) is 0 Å². The molecule has 1 rings (SSSR count). The summed E-state index contributed by atoms with van der Waals surface area (Å²) >= 11 is 0. The molecule has 0 heterocycles. The lowest BCUT2D eigenvalue weighted by Gasteiger charge is -2.15. The molecule has 1 aromatic rings. The number of benzene rings is 1. The molecule has 0 amide bonds. The molecule has 4 heteroatoms. The van der Waals surface area contributed by atoms with E-state index in [9.17, 15) is 4.79 Å². The molecule has 0 bridgehead atoms. The van der Waals surface area contributed by atoms with E-state index in [4.69, 9.17) is 10.5 Å². The third-order valence-electron chi connectivity index (χ3n) is 2.02. The second-order valence-corrected chi connectivity index (χ2v) is 3.39. The maximum Gasteiger partial charge on any atom is 0.338 e. The first-order valence-electron chi connectivity index (χ1n) is 4.80. The van der Waals surface area contributed by atoms with Crippen LogP contribution >= 0.6 is 0 Å².